The fourth-order valence-corrected chi connectivity index (χ4v) is 4.34. The molecule has 2 aromatic carbocycles. The predicted octanol–water partition coefficient (Wildman–Crippen LogP) is 5.39. The number of hydrogen-bond acceptors (Lipinski definition) is 5. The van der Waals surface area contributed by atoms with Crippen molar-refractivity contribution in [3.63, 3.8) is 0 Å². The van der Waals surface area contributed by atoms with E-state index in [-0.39, 0.29) is 0 Å². The van der Waals surface area contributed by atoms with Crippen LogP contribution in [-0.4, -0.2) is 32.3 Å². The van der Waals surface area contributed by atoms with Gasteiger partial charge in [-0.25, -0.2) is 4.79 Å². The topological polar surface area (TPSA) is 53.6 Å². The van der Waals surface area contributed by atoms with Gasteiger partial charge in [0.2, 0.25) is 0 Å². The third-order valence-corrected chi connectivity index (χ3v) is 5.63. The molecular formula is C22H23N3O2S2. The highest BCUT2D eigenvalue weighted by molar-refractivity contribution is 7.80. The number of anilines is 3. The van der Waals surface area contributed by atoms with Gasteiger partial charge in [0, 0.05) is 35.9 Å². The molecule has 0 saturated carbocycles. The highest BCUT2D eigenvalue weighted by Crippen LogP contribution is 2.40. The monoisotopic (exact) mass is 425 g/mol. The molecule has 0 aliphatic heterocycles. The molecule has 0 radical (unpaired) electrons. The molecule has 1 aromatic heterocycles. The summed E-state index contributed by atoms with van der Waals surface area (Å²) in [6.07, 6.45) is 0. The van der Waals surface area contributed by atoms with Gasteiger partial charge in [0.25, 0.3) is 0 Å². The highest BCUT2D eigenvalue weighted by atomic mass is 32.1. The van der Waals surface area contributed by atoms with Crippen LogP contribution in [0.2, 0.25) is 0 Å². The molecule has 0 aliphatic carbocycles. The number of ether oxygens (including phenoxy) is 1. The Hall–Kier alpha value is -2.90. The van der Waals surface area contributed by atoms with Crippen molar-refractivity contribution < 1.29 is 9.53 Å². The zero-order valence-electron chi connectivity index (χ0n) is 16.8. The number of rotatable bonds is 5. The maximum absolute atomic E-state index is 12.6. The molecule has 2 N–H and O–H groups in total. The van der Waals surface area contributed by atoms with E-state index in [4.69, 9.17) is 17.0 Å². The van der Waals surface area contributed by atoms with Crippen molar-refractivity contribution in [3.05, 3.63) is 65.0 Å². The van der Waals surface area contributed by atoms with E-state index < -0.39 is 5.97 Å². The van der Waals surface area contributed by atoms with Crippen LogP contribution in [0.4, 0.5) is 16.4 Å². The van der Waals surface area contributed by atoms with Gasteiger partial charge in [-0.1, -0.05) is 30.3 Å². The smallest absolute Gasteiger partial charge is 0.341 e. The minimum atomic E-state index is -0.395. The molecule has 0 amide bonds. The highest BCUT2D eigenvalue weighted by Gasteiger charge is 2.24. The number of thiophene rings is 1. The molecule has 7 heteroatoms. The van der Waals surface area contributed by atoms with Gasteiger partial charge in [-0.3, -0.25) is 0 Å². The number of nitrogens with one attached hydrogen (secondary N) is 2. The van der Waals surface area contributed by atoms with E-state index >= 15 is 0 Å². The Bertz CT molecular complexity index is 1010. The Morgan fingerprint density at radius 1 is 1.03 bits per heavy atom. The quantitative estimate of drug-likeness (QED) is 0.423. The van der Waals surface area contributed by atoms with Crippen LogP contribution < -0.4 is 15.5 Å². The number of carbonyl (C=O) groups is 1. The summed E-state index contributed by atoms with van der Waals surface area (Å²) in [5, 5.41) is 7.41. The van der Waals surface area contributed by atoms with Crippen LogP contribution in [0.5, 0.6) is 0 Å². The Kier molecular flexibility index (Phi) is 6.51. The van der Waals surface area contributed by atoms with Gasteiger partial charge < -0.3 is 20.3 Å². The molecule has 3 aromatic rings. The van der Waals surface area contributed by atoms with Crippen molar-refractivity contribution >= 4 is 51.0 Å². The molecule has 0 saturated heterocycles. The van der Waals surface area contributed by atoms with Crippen LogP contribution in [0, 0.1) is 6.92 Å². The number of methoxy groups -OCH3 is 1. The number of esters is 1. The lowest BCUT2D eigenvalue weighted by molar-refractivity contribution is 0.0603. The first kappa shape index (κ1) is 20.8. The van der Waals surface area contributed by atoms with E-state index in [9.17, 15) is 4.79 Å². The molecule has 3 rings (SSSR count). The van der Waals surface area contributed by atoms with Gasteiger partial charge in [-0.15, -0.1) is 11.3 Å². The third-order valence-electron chi connectivity index (χ3n) is 4.40. The summed E-state index contributed by atoms with van der Waals surface area (Å²) >= 11 is 6.95. The number of aryl methyl sites for hydroxylation is 1. The lowest BCUT2D eigenvalue weighted by Crippen LogP contribution is -2.20. The molecule has 1 heterocycles. The van der Waals surface area contributed by atoms with Crippen LogP contribution in [0.3, 0.4) is 0 Å². The number of benzene rings is 2. The SMILES string of the molecule is COC(=O)c1c(NC(=S)Nc2ccc(N(C)C)cc2)sc(C)c1-c1ccccc1. The second-order valence-corrected chi connectivity index (χ2v) is 8.25. The van der Waals surface area contributed by atoms with Crippen LogP contribution in [-0.2, 0) is 4.74 Å². The van der Waals surface area contributed by atoms with Crippen molar-refractivity contribution in [2.24, 2.45) is 0 Å². The summed E-state index contributed by atoms with van der Waals surface area (Å²) in [6.45, 7) is 1.99. The molecule has 29 heavy (non-hydrogen) atoms. The van der Waals surface area contributed by atoms with E-state index in [1.807, 2.05) is 80.5 Å². The summed E-state index contributed by atoms with van der Waals surface area (Å²) in [6, 6.07) is 17.7. The van der Waals surface area contributed by atoms with Gasteiger partial charge in [0.05, 0.1) is 7.11 Å². The second-order valence-electron chi connectivity index (χ2n) is 6.62. The Balaban J connectivity index is 1.86. The third kappa shape index (κ3) is 4.75. The van der Waals surface area contributed by atoms with E-state index in [2.05, 4.69) is 10.6 Å². The lowest BCUT2D eigenvalue weighted by atomic mass is 10.0. The standard InChI is InChI=1S/C22H23N3O2S2/c1-14-18(15-8-6-5-7-9-15)19(21(26)27-4)20(29-14)24-22(28)23-16-10-12-17(13-11-16)25(2)3/h5-13H,1-4H3,(H2,23,24,28). The summed E-state index contributed by atoms with van der Waals surface area (Å²) in [5.41, 5.74) is 4.29. The number of thiocarbonyl (C=S) groups is 1. The minimum absolute atomic E-state index is 0.395. The average molecular weight is 426 g/mol. The van der Waals surface area contributed by atoms with Crippen molar-refractivity contribution in [2.75, 3.05) is 36.7 Å². The summed E-state index contributed by atoms with van der Waals surface area (Å²) < 4.78 is 5.05. The van der Waals surface area contributed by atoms with Crippen molar-refractivity contribution in [3.8, 4) is 11.1 Å². The number of hydrogen-bond donors (Lipinski definition) is 2. The molecular weight excluding hydrogens is 402 g/mol. The average Bonchev–Trinajstić information content (AvgIpc) is 3.03. The van der Waals surface area contributed by atoms with Gasteiger partial charge in [-0.2, -0.15) is 0 Å². The molecule has 0 spiro atoms. The Morgan fingerprint density at radius 3 is 2.28 bits per heavy atom. The zero-order valence-corrected chi connectivity index (χ0v) is 18.4. The van der Waals surface area contributed by atoms with E-state index in [1.165, 1.54) is 18.4 Å². The van der Waals surface area contributed by atoms with Gasteiger partial charge in [-0.05, 0) is 49.0 Å². The van der Waals surface area contributed by atoms with Crippen LogP contribution >= 0.6 is 23.6 Å². The molecule has 0 bridgehead atoms. The summed E-state index contributed by atoms with van der Waals surface area (Å²) in [5.74, 6) is -0.395. The maximum Gasteiger partial charge on any atom is 0.341 e. The van der Waals surface area contributed by atoms with Gasteiger partial charge in [0.15, 0.2) is 5.11 Å². The van der Waals surface area contributed by atoms with Gasteiger partial charge in [0.1, 0.15) is 10.6 Å². The largest absolute Gasteiger partial charge is 0.465 e. The van der Waals surface area contributed by atoms with Crippen LogP contribution in [0.1, 0.15) is 15.2 Å². The fourth-order valence-electron chi connectivity index (χ4n) is 2.99. The van der Waals surface area contributed by atoms with Crippen molar-refractivity contribution in [1.82, 2.24) is 0 Å². The molecule has 0 fully saturated rings. The Morgan fingerprint density at radius 2 is 1.69 bits per heavy atom. The zero-order chi connectivity index (χ0) is 21.0. The number of nitrogens with zero attached hydrogens (tertiary/aromatic N) is 1. The molecule has 0 atom stereocenters. The summed E-state index contributed by atoms with van der Waals surface area (Å²) in [4.78, 5) is 15.6. The normalized spacial score (nSPS) is 10.3. The lowest BCUT2D eigenvalue weighted by Gasteiger charge is -2.14. The fraction of sp³-hybridized carbons (Fsp3) is 0.182. The first-order chi connectivity index (χ1) is 13.9. The molecule has 0 aliphatic rings. The molecule has 5 nitrogen and oxygen atoms in total. The van der Waals surface area contributed by atoms with Crippen molar-refractivity contribution in [1.29, 1.82) is 0 Å². The molecule has 150 valence electrons. The van der Waals surface area contributed by atoms with Crippen LogP contribution in [0.25, 0.3) is 11.1 Å². The first-order valence-electron chi connectivity index (χ1n) is 9.03. The number of carbonyl (C=O) groups excluding carboxylic acids is 1. The van der Waals surface area contributed by atoms with Crippen LogP contribution in [0.15, 0.2) is 54.6 Å². The van der Waals surface area contributed by atoms with E-state index in [1.54, 1.807) is 0 Å². The van der Waals surface area contributed by atoms with E-state index in [0.717, 1.165) is 27.4 Å². The Labute approximate surface area is 180 Å². The summed E-state index contributed by atoms with van der Waals surface area (Å²) in [7, 11) is 5.37. The van der Waals surface area contributed by atoms with Gasteiger partial charge >= 0.3 is 5.97 Å². The first-order valence-corrected chi connectivity index (χ1v) is 10.3. The van der Waals surface area contributed by atoms with Crippen molar-refractivity contribution in [2.45, 2.75) is 6.92 Å². The molecule has 0 unspecified atom stereocenters. The maximum atomic E-state index is 12.6. The second kappa shape index (κ2) is 9.07. The van der Waals surface area contributed by atoms with E-state index in [0.29, 0.717) is 15.7 Å². The predicted molar refractivity (Wildman–Crippen MR) is 126 cm³/mol. The minimum Gasteiger partial charge on any atom is -0.465 e.